The van der Waals surface area contributed by atoms with Crippen molar-refractivity contribution in [3.8, 4) is 0 Å². The minimum absolute atomic E-state index is 0. The summed E-state index contributed by atoms with van der Waals surface area (Å²) >= 11 is -1.62. The monoisotopic (exact) mass is 281 g/mol. The quantitative estimate of drug-likeness (QED) is 0.518. The fourth-order valence-corrected chi connectivity index (χ4v) is 0. The summed E-state index contributed by atoms with van der Waals surface area (Å²) in [6.07, 6.45) is 0. The van der Waals surface area contributed by atoms with Crippen molar-refractivity contribution in [3.05, 3.63) is 0 Å². The average Bonchev–Trinajstić information content (AvgIpc) is 1.19. The molecule has 10 heteroatoms. The van der Waals surface area contributed by atoms with Crippen LogP contribution in [0.15, 0.2) is 0 Å². The van der Waals surface area contributed by atoms with E-state index in [0.29, 0.717) is 0 Å². The zero-order chi connectivity index (χ0) is 8.08. The second-order valence-electron chi connectivity index (χ2n) is 0.623. The molecule has 10 heavy (non-hydrogen) atoms. The van der Waals surface area contributed by atoms with Gasteiger partial charge in [0.05, 0.1) is 0 Å². The molecular formula is H4Cl3CrMgO4S. The van der Waals surface area contributed by atoms with Crippen molar-refractivity contribution in [1.82, 2.24) is 0 Å². The van der Waals surface area contributed by atoms with E-state index in [2.05, 4.69) is 0 Å². The van der Waals surface area contributed by atoms with Crippen LogP contribution in [-0.2, 0) is 21.8 Å². The van der Waals surface area contributed by atoms with Crippen LogP contribution in [0.3, 0.4) is 0 Å². The van der Waals surface area contributed by atoms with E-state index in [1.54, 1.807) is 0 Å². The number of hydrogen-bond acceptors (Lipinski definition) is 2. The molecule has 0 atom stereocenters. The molecule has 0 aromatic carbocycles. The molecule has 0 aliphatic heterocycles. The molecule has 2 N–H and O–H groups in total. The van der Waals surface area contributed by atoms with E-state index in [4.69, 9.17) is 47.7 Å². The van der Waals surface area contributed by atoms with Gasteiger partial charge in [0, 0.05) is 0 Å². The van der Waals surface area contributed by atoms with E-state index in [-0.39, 0.29) is 25.9 Å². The molecule has 0 aliphatic rings. The van der Waals surface area contributed by atoms with Gasteiger partial charge in [0.15, 0.2) is 0 Å². The molecule has 0 heterocycles. The van der Waals surface area contributed by atoms with Crippen molar-refractivity contribution in [2.24, 2.45) is 0 Å². The van der Waals surface area contributed by atoms with Crippen molar-refractivity contribution < 1.29 is 31.8 Å². The van der Waals surface area contributed by atoms with Crippen molar-refractivity contribution in [2.75, 3.05) is 0 Å². The topological polar surface area (TPSA) is 74.6 Å². The Balaban J connectivity index is -0.0000000221. The Bertz CT molecular complexity index is 140. The number of halogens is 3. The van der Waals surface area contributed by atoms with Crippen LogP contribution in [0.1, 0.15) is 2.85 Å². The Morgan fingerprint density at radius 2 is 1.20 bits per heavy atom. The third kappa shape index (κ3) is 197. The van der Waals surface area contributed by atoms with Gasteiger partial charge < -0.3 is 2.85 Å². The Kier molecular flexibility index (Phi) is 16.4. The smallest absolute Gasteiger partial charge is 1.00 e. The molecule has 4 nitrogen and oxygen atoms in total. The molecule has 0 aromatic heterocycles. The maximum atomic E-state index is 8.74. The van der Waals surface area contributed by atoms with Crippen molar-refractivity contribution in [1.29, 1.82) is 0 Å². The van der Waals surface area contributed by atoms with Crippen molar-refractivity contribution >= 4 is 63.6 Å². The molecule has 0 bridgehead atoms. The minimum atomic E-state index is -4.67. The molecule has 0 fully saturated rings. The number of hydrogen-bond donors (Lipinski definition) is 2. The summed E-state index contributed by atoms with van der Waals surface area (Å²) in [7, 11) is 10.1. The Morgan fingerprint density at radius 1 is 1.20 bits per heavy atom. The van der Waals surface area contributed by atoms with Crippen LogP contribution >= 0.6 is 30.1 Å². The fraction of sp³-hybridized carbons (Fsp3) is 0. The van der Waals surface area contributed by atoms with Gasteiger partial charge in [-0.1, -0.05) is 0 Å². The third-order valence-electron chi connectivity index (χ3n) is 0. The first-order valence-electron chi connectivity index (χ1n) is 1.16. The molecular weight excluding hydrogens is 279 g/mol. The van der Waals surface area contributed by atoms with Gasteiger partial charge >= 0.3 is 75.0 Å². The Labute approximate surface area is 94.5 Å². The van der Waals surface area contributed by atoms with Gasteiger partial charge in [-0.05, 0) is 0 Å². The third-order valence-corrected chi connectivity index (χ3v) is 0. The predicted molar refractivity (Wildman–Crippen MR) is 39.7 cm³/mol. The van der Waals surface area contributed by atoms with E-state index >= 15 is 0 Å². The van der Waals surface area contributed by atoms with Crippen LogP contribution in [0.4, 0.5) is 0 Å². The molecule has 0 aliphatic carbocycles. The van der Waals surface area contributed by atoms with Gasteiger partial charge in [-0.3, -0.25) is 9.11 Å². The maximum Gasteiger partial charge on any atom is 2.00 e. The molecule has 0 amide bonds. The summed E-state index contributed by atoms with van der Waals surface area (Å²) in [4.78, 5) is 0. The van der Waals surface area contributed by atoms with Gasteiger partial charge in [0.25, 0.3) is 0 Å². The molecule has 0 rings (SSSR count). The number of rotatable bonds is 0. The van der Waals surface area contributed by atoms with Crippen LogP contribution < -0.4 is 0 Å². The van der Waals surface area contributed by atoms with Gasteiger partial charge in [0.2, 0.25) is 0 Å². The zero-order valence-electron chi connectivity index (χ0n) is 6.37. The standard InChI is InChI=1S/3ClH.Cr.Mg.H2O4S.2H/c;;;;;1-5(2,3)4;;/h3*1H;;;(H2,1,2,3,4);;/q;;;+3;+2;;2*-1/p-3. The molecule has 0 unspecified atom stereocenters. The first kappa shape index (κ1) is 18.0. The molecule has 0 radical (unpaired) electrons. The summed E-state index contributed by atoms with van der Waals surface area (Å²) in [5.74, 6) is 0. The molecule has 0 aromatic rings. The van der Waals surface area contributed by atoms with Crippen LogP contribution in [0, 0.1) is 0 Å². The Hall–Kier alpha value is 2.04. The minimum Gasteiger partial charge on any atom is -1.00 e. The summed E-state index contributed by atoms with van der Waals surface area (Å²) in [5, 5.41) is 0. The first-order chi connectivity index (χ1) is 3.73. The molecule has 0 saturated carbocycles. The van der Waals surface area contributed by atoms with Crippen molar-refractivity contribution in [3.63, 3.8) is 0 Å². The summed E-state index contributed by atoms with van der Waals surface area (Å²) in [5.41, 5.74) is 0. The van der Waals surface area contributed by atoms with E-state index in [1.807, 2.05) is 0 Å². The second-order valence-corrected chi connectivity index (χ2v) is 7.84. The van der Waals surface area contributed by atoms with Gasteiger partial charge in [-0.15, -0.1) is 0 Å². The van der Waals surface area contributed by atoms with Gasteiger partial charge in [-0.2, -0.15) is 8.42 Å². The zero-order valence-corrected chi connectivity index (χ0v) is 10.1. The van der Waals surface area contributed by atoms with Gasteiger partial charge in [-0.25, -0.2) is 0 Å². The summed E-state index contributed by atoms with van der Waals surface area (Å²) in [6.45, 7) is 0. The van der Waals surface area contributed by atoms with Crippen LogP contribution in [0.25, 0.3) is 0 Å². The van der Waals surface area contributed by atoms with Gasteiger partial charge in [0.1, 0.15) is 0 Å². The first-order valence-corrected chi connectivity index (χ1v) is 7.82. The molecule has 63 valence electrons. The van der Waals surface area contributed by atoms with Crippen LogP contribution in [0.2, 0.25) is 0 Å². The van der Waals surface area contributed by atoms with E-state index in [0.717, 1.165) is 0 Å². The molecule has 0 saturated heterocycles. The van der Waals surface area contributed by atoms with Crippen LogP contribution in [-0.4, -0.2) is 40.6 Å². The van der Waals surface area contributed by atoms with E-state index < -0.39 is 21.8 Å². The predicted octanol–water partition coefficient (Wildman–Crippen LogP) is 1.26. The SMILES string of the molecule is O=S(=O)(O)O.[Cl][Cr]([Cl])[Cl].[H-].[H-].[Mg+2]. The van der Waals surface area contributed by atoms with E-state index in [9.17, 15) is 0 Å². The molecule has 0 spiro atoms. The second kappa shape index (κ2) is 9.13. The average molecular weight is 283 g/mol. The Morgan fingerprint density at radius 3 is 1.20 bits per heavy atom. The fourth-order valence-electron chi connectivity index (χ4n) is 0. The van der Waals surface area contributed by atoms with Crippen LogP contribution in [0.5, 0.6) is 0 Å². The van der Waals surface area contributed by atoms with E-state index in [1.165, 1.54) is 0 Å². The largest absolute Gasteiger partial charge is 2.00 e. The van der Waals surface area contributed by atoms with Crippen molar-refractivity contribution in [2.45, 2.75) is 0 Å². The summed E-state index contributed by atoms with van der Waals surface area (Å²) < 4.78 is 31.6. The summed E-state index contributed by atoms with van der Waals surface area (Å²) in [6, 6.07) is 0. The maximum absolute atomic E-state index is 8.74. The normalized spacial score (nSPS) is 9.40.